The number of carbonyl (C=O) groups is 2. The lowest BCUT2D eigenvalue weighted by molar-refractivity contribution is -0.243. The molecule has 5 rings (SSSR count). The van der Waals surface area contributed by atoms with E-state index in [1.807, 2.05) is 0 Å². The highest BCUT2D eigenvalue weighted by molar-refractivity contribution is 5.84. The molecule has 0 heterocycles. The van der Waals surface area contributed by atoms with E-state index in [1.165, 1.54) is 38.5 Å². The van der Waals surface area contributed by atoms with Crippen molar-refractivity contribution in [1.29, 1.82) is 0 Å². The number of esters is 1. The maximum Gasteiger partial charge on any atom is 0.312 e. The monoisotopic (exact) mass is 470 g/mol. The molecule has 0 radical (unpaired) electrons. The molecule has 5 saturated carbocycles. The van der Waals surface area contributed by atoms with Crippen LogP contribution in [0.3, 0.4) is 0 Å². The highest BCUT2D eigenvalue weighted by atomic mass is 16.5. The number of rotatable bonds is 2. The number of hydrogen-bond donors (Lipinski definition) is 0. The molecule has 0 aromatic carbocycles. The maximum atomic E-state index is 13.3. The van der Waals surface area contributed by atoms with Crippen molar-refractivity contribution in [2.24, 2.45) is 62.6 Å². The molecule has 0 aromatic heterocycles. The quantitative estimate of drug-likeness (QED) is 0.393. The first kappa shape index (κ1) is 24.8. The third-order valence-electron chi connectivity index (χ3n) is 14.1. The third-order valence-corrected chi connectivity index (χ3v) is 14.1. The van der Waals surface area contributed by atoms with E-state index < -0.39 is 5.41 Å². The summed E-state index contributed by atoms with van der Waals surface area (Å²) in [5.74, 6) is 3.26. The number of fused-ring (bicyclic) bond motifs is 7. The zero-order valence-corrected chi connectivity index (χ0v) is 23.3. The number of hydrogen-bond acceptors (Lipinski definition) is 3. The van der Waals surface area contributed by atoms with Gasteiger partial charge in [0.15, 0.2) is 0 Å². The van der Waals surface area contributed by atoms with Crippen molar-refractivity contribution in [1.82, 2.24) is 0 Å². The summed E-state index contributed by atoms with van der Waals surface area (Å²) in [5, 5.41) is 0. The van der Waals surface area contributed by atoms with Crippen LogP contribution in [-0.2, 0) is 14.3 Å². The molecule has 0 aromatic rings. The van der Waals surface area contributed by atoms with Crippen LogP contribution in [0, 0.1) is 62.6 Å². The summed E-state index contributed by atoms with van der Waals surface area (Å²) in [6.45, 7) is 17.2. The molecule has 3 heteroatoms. The van der Waals surface area contributed by atoms with Gasteiger partial charge < -0.3 is 4.74 Å². The van der Waals surface area contributed by atoms with Crippen LogP contribution >= 0.6 is 0 Å². The first-order chi connectivity index (χ1) is 15.8. The molecule has 3 nitrogen and oxygen atoms in total. The summed E-state index contributed by atoms with van der Waals surface area (Å²) >= 11 is 0. The molecular formula is C31H50O3. The number of Topliss-reactive ketones (excluding diaryl/α,β-unsaturated/α-hetero) is 1. The van der Waals surface area contributed by atoms with Crippen LogP contribution in [0.15, 0.2) is 0 Å². The number of ketones is 1. The normalized spacial score (nSPS) is 53.6. The van der Waals surface area contributed by atoms with Gasteiger partial charge in [-0.3, -0.25) is 9.59 Å². The van der Waals surface area contributed by atoms with Crippen molar-refractivity contribution in [3.63, 3.8) is 0 Å². The van der Waals surface area contributed by atoms with Crippen molar-refractivity contribution in [2.75, 3.05) is 7.11 Å². The molecule has 5 aliphatic rings. The van der Waals surface area contributed by atoms with Crippen molar-refractivity contribution >= 4 is 11.8 Å². The molecule has 0 spiro atoms. The smallest absolute Gasteiger partial charge is 0.312 e. The van der Waals surface area contributed by atoms with Crippen molar-refractivity contribution in [3.8, 4) is 0 Å². The molecule has 4 unspecified atom stereocenters. The molecule has 0 aliphatic heterocycles. The number of methoxy groups -OCH3 is 1. The molecule has 192 valence electrons. The summed E-state index contributed by atoms with van der Waals surface area (Å²) in [4.78, 5) is 26.2. The van der Waals surface area contributed by atoms with Gasteiger partial charge in [-0.05, 0) is 122 Å². The zero-order chi connectivity index (χ0) is 24.9. The molecule has 10 atom stereocenters. The Morgan fingerprint density at radius 1 is 0.765 bits per heavy atom. The van der Waals surface area contributed by atoms with E-state index in [1.54, 1.807) is 14.0 Å². The first-order valence-corrected chi connectivity index (χ1v) is 14.4. The van der Waals surface area contributed by atoms with Crippen LogP contribution in [0.5, 0.6) is 0 Å². The van der Waals surface area contributed by atoms with Gasteiger partial charge in [0.25, 0.3) is 0 Å². The second-order valence-electron chi connectivity index (χ2n) is 14.9. The molecule has 34 heavy (non-hydrogen) atoms. The predicted molar refractivity (Wildman–Crippen MR) is 136 cm³/mol. The van der Waals surface area contributed by atoms with Gasteiger partial charge >= 0.3 is 5.97 Å². The largest absolute Gasteiger partial charge is 0.469 e. The Hall–Kier alpha value is -0.860. The Labute approximate surface area is 208 Å². The molecule has 5 fully saturated rings. The highest BCUT2D eigenvalue weighted by Gasteiger charge is 2.72. The summed E-state index contributed by atoms with van der Waals surface area (Å²) in [6.07, 6.45) is 11.6. The van der Waals surface area contributed by atoms with Gasteiger partial charge in [-0.25, -0.2) is 0 Å². The van der Waals surface area contributed by atoms with Gasteiger partial charge in [-0.15, -0.1) is 0 Å². The second kappa shape index (κ2) is 7.58. The summed E-state index contributed by atoms with van der Waals surface area (Å²) in [7, 11) is 1.55. The lowest BCUT2D eigenvalue weighted by atomic mass is 9.32. The van der Waals surface area contributed by atoms with Crippen LogP contribution in [0.4, 0.5) is 0 Å². The van der Waals surface area contributed by atoms with Crippen LogP contribution in [0.2, 0.25) is 0 Å². The van der Waals surface area contributed by atoms with Crippen molar-refractivity contribution < 1.29 is 14.3 Å². The number of ether oxygens (including phenoxy) is 1. The molecule has 5 aliphatic carbocycles. The summed E-state index contributed by atoms with van der Waals surface area (Å²) < 4.78 is 5.44. The van der Waals surface area contributed by atoms with Gasteiger partial charge in [0.2, 0.25) is 0 Å². The third kappa shape index (κ3) is 2.82. The number of carbonyl (C=O) groups excluding carboxylic acids is 2. The van der Waals surface area contributed by atoms with Crippen LogP contribution in [0.1, 0.15) is 113 Å². The lowest BCUT2D eigenvalue weighted by Crippen LogP contribution is -2.66. The Morgan fingerprint density at radius 2 is 1.47 bits per heavy atom. The average Bonchev–Trinajstić information content (AvgIpc) is 3.18. The molecule has 0 N–H and O–H groups in total. The van der Waals surface area contributed by atoms with Crippen molar-refractivity contribution in [2.45, 2.75) is 113 Å². The second-order valence-corrected chi connectivity index (χ2v) is 14.9. The SMILES string of the molecule is COC(=O)[C@]12CC[C@@H](C(C)=O)C1C1CCC3[C@@]4(C)CC[C@H](C)C(C)(C)C4CC[C@@]3(C)[C@]1(C)CC2. The minimum absolute atomic E-state index is 0.0327. The molecule has 0 bridgehead atoms. The Balaban J connectivity index is 1.56. The van der Waals surface area contributed by atoms with E-state index in [-0.39, 0.29) is 28.6 Å². The van der Waals surface area contributed by atoms with Crippen LogP contribution < -0.4 is 0 Å². The van der Waals surface area contributed by atoms with E-state index in [9.17, 15) is 9.59 Å². The molecular weight excluding hydrogens is 420 g/mol. The van der Waals surface area contributed by atoms with Gasteiger partial charge in [0.1, 0.15) is 5.78 Å². The highest BCUT2D eigenvalue weighted by Crippen LogP contribution is 2.77. The van der Waals surface area contributed by atoms with E-state index in [2.05, 4.69) is 41.5 Å². The van der Waals surface area contributed by atoms with E-state index in [0.717, 1.165) is 43.4 Å². The zero-order valence-electron chi connectivity index (χ0n) is 23.3. The minimum atomic E-state index is -0.429. The predicted octanol–water partition coefficient (Wildman–Crippen LogP) is 7.47. The minimum Gasteiger partial charge on any atom is -0.469 e. The molecule has 0 saturated heterocycles. The molecule has 0 amide bonds. The Bertz CT molecular complexity index is 876. The van der Waals surface area contributed by atoms with Gasteiger partial charge in [-0.2, -0.15) is 0 Å². The topological polar surface area (TPSA) is 43.4 Å². The van der Waals surface area contributed by atoms with E-state index in [4.69, 9.17) is 4.74 Å². The van der Waals surface area contributed by atoms with E-state index in [0.29, 0.717) is 22.5 Å². The fourth-order valence-corrected chi connectivity index (χ4v) is 11.8. The van der Waals surface area contributed by atoms with Gasteiger partial charge in [0.05, 0.1) is 12.5 Å². The standard InChI is InChI=1S/C31H50O3/c1-19-11-14-28(5)23(27(19,3)4)13-15-30(7)24(28)10-9-22-25-21(20(2)32)12-16-31(25,26(33)34-8)18-17-29(22,30)6/h19,21-25H,9-18H2,1-8H3/t19-,21-,22?,23?,24?,25?,28-,29+,30+,31-/m0/s1. The van der Waals surface area contributed by atoms with Crippen LogP contribution in [0.25, 0.3) is 0 Å². The first-order valence-electron chi connectivity index (χ1n) is 14.4. The summed E-state index contributed by atoms with van der Waals surface area (Å²) in [5.41, 5.74) is 0.858. The van der Waals surface area contributed by atoms with Crippen LogP contribution in [-0.4, -0.2) is 18.9 Å². The Morgan fingerprint density at radius 3 is 2.12 bits per heavy atom. The Kier molecular flexibility index (Phi) is 5.53. The fraction of sp³-hybridized carbons (Fsp3) is 0.935. The fourth-order valence-electron chi connectivity index (χ4n) is 11.8. The summed E-state index contributed by atoms with van der Waals surface area (Å²) in [6, 6.07) is 0. The lowest BCUT2D eigenvalue weighted by Gasteiger charge is -2.72. The van der Waals surface area contributed by atoms with Crippen molar-refractivity contribution in [3.05, 3.63) is 0 Å². The average molecular weight is 471 g/mol. The van der Waals surface area contributed by atoms with E-state index >= 15 is 0 Å². The maximum absolute atomic E-state index is 13.3. The van der Waals surface area contributed by atoms with Gasteiger partial charge in [-0.1, -0.05) is 41.5 Å². The van der Waals surface area contributed by atoms with Gasteiger partial charge in [0, 0.05) is 5.92 Å².